The average molecular weight is 417 g/mol. The lowest BCUT2D eigenvalue weighted by Crippen LogP contribution is -2.35. The van der Waals surface area contributed by atoms with Gasteiger partial charge in [0, 0.05) is 18.9 Å². The number of amides is 1. The van der Waals surface area contributed by atoms with E-state index in [0.29, 0.717) is 12.1 Å². The Bertz CT molecular complexity index is 1030. The largest absolute Gasteiger partial charge is 0.332 e. The fourth-order valence-corrected chi connectivity index (χ4v) is 4.45. The summed E-state index contributed by atoms with van der Waals surface area (Å²) in [4.78, 5) is 19.5. The molecule has 4 rings (SSSR count). The predicted molar refractivity (Wildman–Crippen MR) is 122 cm³/mol. The van der Waals surface area contributed by atoms with Gasteiger partial charge in [0.2, 0.25) is 0 Å². The molecule has 3 aromatic rings. The molecule has 0 aliphatic heterocycles. The zero-order valence-corrected chi connectivity index (χ0v) is 18.2. The van der Waals surface area contributed by atoms with Crippen LogP contribution in [0.3, 0.4) is 0 Å². The van der Waals surface area contributed by atoms with Gasteiger partial charge >= 0.3 is 0 Å². The molecule has 3 nitrogen and oxygen atoms in total. The lowest BCUT2D eigenvalue weighted by Gasteiger charge is -2.31. The number of halogens is 1. The lowest BCUT2D eigenvalue weighted by molar-refractivity contribution is 0.0684. The Morgan fingerprint density at radius 1 is 1.03 bits per heavy atom. The maximum absolute atomic E-state index is 13.4. The van der Waals surface area contributed by atoms with Gasteiger partial charge in [-0.05, 0) is 85.0 Å². The van der Waals surface area contributed by atoms with Crippen molar-refractivity contribution in [2.45, 2.75) is 51.5 Å². The van der Waals surface area contributed by atoms with Crippen LogP contribution < -0.4 is 0 Å². The Morgan fingerprint density at radius 3 is 2.52 bits per heavy atom. The van der Waals surface area contributed by atoms with Gasteiger partial charge in [0.25, 0.3) is 5.91 Å². The van der Waals surface area contributed by atoms with Crippen LogP contribution in [0.25, 0.3) is 0 Å². The number of rotatable bonds is 7. The van der Waals surface area contributed by atoms with E-state index in [0.717, 1.165) is 24.8 Å². The van der Waals surface area contributed by atoms with E-state index < -0.39 is 0 Å². The smallest absolute Gasteiger partial charge is 0.255 e. The van der Waals surface area contributed by atoms with Crippen LogP contribution in [0.5, 0.6) is 0 Å². The molecule has 0 saturated carbocycles. The van der Waals surface area contributed by atoms with Crippen molar-refractivity contribution in [2.75, 3.05) is 6.54 Å². The highest BCUT2D eigenvalue weighted by molar-refractivity contribution is 5.94. The second kappa shape index (κ2) is 9.42. The van der Waals surface area contributed by atoms with Crippen LogP contribution in [0, 0.1) is 5.82 Å². The van der Waals surface area contributed by atoms with E-state index in [4.69, 9.17) is 0 Å². The molecule has 1 heterocycles. The number of benzene rings is 2. The minimum absolute atomic E-state index is 0.00703. The molecule has 0 N–H and O–H groups in total. The Hall–Kier alpha value is -3.01. The third-order valence-corrected chi connectivity index (χ3v) is 6.48. The molecule has 1 amide bonds. The number of fused-ring (bicyclic) bond motifs is 1. The molecule has 0 fully saturated rings. The van der Waals surface area contributed by atoms with Gasteiger partial charge in [-0.3, -0.25) is 9.78 Å². The molecule has 2 atom stereocenters. The van der Waals surface area contributed by atoms with Gasteiger partial charge in [0.15, 0.2) is 0 Å². The van der Waals surface area contributed by atoms with Gasteiger partial charge in [-0.1, -0.05) is 37.3 Å². The zero-order valence-electron chi connectivity index (χ0n) is 18.2. The SMILES string of the molecule is CC(CCN(C(=O)c1cccnc1)C(C)c1ccc2c(c1)CCC2)c1ccc(F)cc1. The van der Waals surface area contributed by atoms with Crippen molar-refractivity contribution in [3.63, 3.8) is 0 Å². The number of aryl methyl sites for hydroxylation is 2. The fraction of sp³-hybridized carbons (Fsp3) is 0.333. The molecule has 1 aliphatic rings. The molecule has 1 aromatic heterocycles. The van der Waals surface area contributed by atoms with Crippen LogP contribution in [-0.2, 0) is 12.8 Å². The van der Waals surface area contributed by atoms with Gasteiger partial charge < -0.3 is 4.90 Å². The average Bonchev–Trinajstić information content (AvgIpc) is 3.27. The molecule has 1 aliphatic carbocycles. The standard InChI is InChI=1S/C27H29FN2O/c1-19(21-10-12-26(28)13-11-21)14-16-30(27(31)25-7-4-15-29-18-25)20(2)23-9-8-22-5-3-6-24(22)17-23/h4,7-13,15,17-20H,3,5-6,14,16H2,1-2H3. The number of pyridine rings is 1. The monoisotopic (exact) mass is 416 g/mol. The summed E-state index contributed by atoms with van der Waals surface area (Å²) in [6.45, 7) is 4.85. The van der Waals surface area contributed by atoms with E-state index in [1.165, 1.54) is 35.2 Å². The van der Waals surface area contributed by atoms with Crippen LogP contribution in [0.2, 0.25) is 0 Å². The van der Waals surface area contributed by atoms with Crippen molar-refractivity contribution in [1.82, 2.24) is 9.88 Å². The lowest BCUT2D eigenvalue weighted by atomic mass is 9.96. The Morgan fingerprint density at radius 2 is 1.77 bits per heavy atom. The quantitative estimate of drug-likeness (QED) is 0.466. The molecular weight excluding hydrogens is 387 g/mol. The normalized spacial score (nSPS) is 14.7. The Labute approximate surface area is 183 Å². The maximum Gasteiger partial charge on any atom is 0.255 e. The molecule has 4 heteroatoms. The van der Waals surface area contributed by atoms with Crippen molar-refractivity contribution < 1.29 is 9.18 Å². The molecule has 0 radical (unpaired) electrons. The van der Waals surface area contributed by atoms with Crippen LogP contribution in [-0.4, -0.2) is 22.3 Å². The minimum Gasteiger partial charge on any atom is -0.332 e. The number of hydrogen-bond donors (Lipinski definition) is 0. The summed E-state index contributed by atoms with van der Waals surface area (Å²) in [7, 11) is 0. The molecule has 160 valence electrons. The summed E-state index contributed by atoms with van der Waals surface area (Å²) in [5.41, 5.74) is 5.71. The number of nitrogens with zero attached hydrogens (tertiary/aromatic N) is 2. The second-order valence-corrected chi connectivity index (χ2v) is 8.54. The van der Waals surface area contributed by atoms with E-state index in [9.17, 15) is 9.18 Å². The summed E-state index contributed by atoms with van der Waals surface area (Å²) in [6, 6.07) is 16.9. The highest BCUT2D eigenvalue weighted by Gasteiger charge is 2.25. The third-order valence-electron chi connectivity index (χ3n) is 6.48. The van der Waals surface area contributed by atoms with Crippen LogP contribution >= 0.6 is 0 Å². The van der Waals surface area contributed by atoms with Gasteiger partial charge in [-0.2, -0.15) is 0 Å². The number of carbonyl (C=O) groups excluding carboxylic acids is 1. The van der Waals surface area contributed by atoms with E-state index in [1.54, 1.807) is 18.5 Å². The first kappa shape index (κ1) is 21.2. The van der Waals surface area contributed by atoms with E-state index in [-0.39, 0.29) is 23.7 Å². The molecule has 2 unspecified atom stereocenters. The van der Waals surface area contributed by atoms with Gasteiger partial charge in [-0.15, -0.1) is 0 Å². The fourth-order valence-electron chi connectivity index (χ4n) is 4.45. The Kier molecular flexibility index (Phi) is 6.45. The molecule has 0 saturated heterocycles. The van der Waals surface area contributed by atoms with Gasteiger partial charge in [0.1, 0.15) is 5.82 Å². The van der Waals surface area contributed by atoms with Gasteiger partial charge in [-0.25, -0.2) is 4.39 Å². The molecule has 0 bridgehead atoms. The van der Waals surface area contributed by atoms with E-state index in [2.05, 4.69) is 37.0 Å². The number of aromatic nitrogens is 1. The highest BCUT2D eigenvalue weighted by atomic mass is 19.1. The number of hydrogen-bond acceptors (Lipinski definition) is 2. The predicted octanol–water partition coefficient (Wildman–Crippen LogP) is 6.11. The van der Waals surface area contributed by atoms with Gasteiger partial charge in [0.05, 0.1) is 11.6 Å². The van der Waals surface area contributed by atoms with E-state index in [1.807, 2.05) is 23.1 Å². The van der Waals surface area contributed by atoms with Crippen molar-refractivity contribution in [3.8, 4) is 0 Å². The summed E-state index contributed by atoms with van der Waals surface area (Å²) >= 11 is 0. The molecule has 31 heavy (non-hydrogen) atoms. The highest BCUT2D eigenvalue weighted by Crippen LogP contribution is 2.30. The number of carbonyl (C=O) groups is 1. The summed E-state index contributed by atoms with van der Waals surface area (Å²) in [5.74, 6) is -0.0148. The van der Waals surface area contributed by atoms with Crippen molar-refractivity contribution in [2.24, 2.45) is 0 Å². The topological polar surface area (TPSA) is 33.2 Å². The zero-order chi connectivity index (χ0) is 21.8. The van der Waals surface area contributed by atoms with Crippen molar-refractivity contribution >= 4 is 5.91 Å². The van der Waals surface area contributed by atoms with E-state index >= 15 is 0 Å². The maximum atomic E-state index is 13.4. The summed E-state index contributed by atoms with van der Waals surface area (Å²) < 4.78 is 13.3. The van der Waals surface area contributed by atoms with Crippen LogP contribution in [0.15, 0.2) is 67.0 Å². The summed E-state index contributed by atoms with van der Waals surface area (Å²) in [5, 5.41) is 0. The molecule has 0 spiro atoms. The molecule has 2 aromatic carbocycles. The van der Waals surface area contributed by atoms with Crippen LogP contribution in [0.1, 0.15) is 71.3 Å². The first-order valence-corrected chi connectivity index (χ1v) is 11.1. The van der Waals surface area contributed by atoms with Crippen molar-refractivity contribution in [3.05, 3.63) is 101 Å². The second-order valence-electron chi connectivity index (χ2n) is 8.54. The Balaban J connectivity index is 1.56. The first-order valence-electron chi connectivity index (χ1n) is 11.1. The first-order chi connectivity index (χ1) is 15.0. The third kappa shape index (κ3) is 4.84. The minimum atomic E-state index is -0.227. The molecular formula is C27H29FN2O. The van der Waals surface area contributed by atoms with Crippen LogP contribution in [0.4, 0.5) is 4.39 Å². The summed E-state index contributed by atoms with van der Waals surface area (Å²) in [6.07, 6.45) is 7.59. The van der Waals surface area contributed by atoms with Crippen molar-refractivity contribution in [1.29, 1.82) is 0 Å².